The van der Waals surface area contributed by atoms with Crippen molar-refractivity contribution in [2.24, 2.45) is 23.7 Å². The van der Waals surface area contributed by atoms with Crippen molar-refractivity contribution in [1.29, 1.82) is 0 Å². The van der Waals surface area contributed by atoms with Crippen molar-refractivity contribution in [3.63, 3.8) is 0 Å². The van der Waals surface area contributed by atoms with Gasteiger partial charge in [0, 0.05) is 7.11 Å². The van der Waals surface area contributed by atoms with Crippen LogP contribution in [0.5, 0.6) is 0 Å². The summed E-state index contributed by atoms with van der Waals surface area (Å²) in [6, 6.07) is 0. The van der Waals surface area contributed by atoms with Crippen LogP contribution in [0.1, 0.15) is 51.9 Å². The number of hydrogen-bond donors (Lipinski definition) is 0. The van der Waals surface area contributed by atoms with Crippen LogP contribution in [-0.2, 0) is 4.74 Å². The van der Waals surface area contributed by atoms with Crippen LogP contribution in [0.15, 0.2) is 0 Å². The highest BCUT2D eigenvalue weighted by Gasteiger charge is 2.56. The summed E-state index contributed by atoms with van der Waals surface area (Å²) < 4.78 is 6.06. The average Bonchev–Trinajstić information content (AvgIpc) is 2.23. The summed E-state index contributed by atoms with van der Waals surface area (Å²) in [7, 11) is 1.97. The normalized spacial score (nSPS) is 52.4. The first-order valence-electron chi connectivity index (χ1n) is 6.83. The summed E-state index contributed by atoms with van der Waals surface area (Å²) in [4.78, 5) is 0. The molecule has 4 rings (SSSR count). The van der Waals surface area contributed by atoms with Gasteiger partial charge < -0.3 is 4.74 Å². The Morgan fingerprint density at radius 2 is 1.53 bits per heavy atom. The van der Waals surface area contributed by atoms with Gasteiger partial charge in [0.15, 0.2) is 0 Å². The first kappa shape index (κ1) is 10.1. The molecule has 0 amide bonds. The van der Waals surface area contributed by atoms with Crippen LogP contribution >= 0.6 is 0 Å². The number of methoxy groups -OCH3 is 1. The van der Waals surface area contributed by atoms with E-state index in [2.05, 4.69) is 6.92 Å². The molecule has 0 aromatic rings. The van der Waals surface area contributed by atoms with E-state index in [1.165, 1.54) is 38.5 Å². The average molecular weight is 208 g/mol. The third kappa shape index (κ3) is 1.32. The lowest BCUT2D eigenvalue weighted by atomic mass is 9.49. The van der Waals surface area contributed by atoms with E-state index in [0.717, 1.165) is 23.7 Å². The van der Waals surface area contributed by atoms with E-state index in [-0.39, 0.29) is 0 Å². The van der Waals surface area contributed by atoms with Crippen LogP contribution in [0.2, 0.25) is 0 Å². The molecule has 4 aliphatic rings. The quantitative estimate of drug-likeness (QED) is 0.688. The largest absolute Gasteiger partial charge is 0.378 e. The lowest BCUT2D eigenvalue weighted by Gasteiger charge is -2.60. The predicted octanol–water partition coefficient (Wildman–Crippen LogP) is 3.63. The highest BCUT2D eigenvalue weighted by molar-refractivity contribution is 5.07. The summed E-state index contributed by atoms with van der Waals surface area (Å²) in [6.07, 6.45) is 10.0. The smallest absolute Gasteiger partial charge is 0.0735 e. The van der Waals surface area contributed by atoms with E-state index >= 15 is 0 Å². The second-order valence-electron chi connectivity index (χ2n) is 6.21. The molecule has 0 spiro atoms. The first-order chi connectivity index (χ1) is 7.28. The van der Waals surface area contributed by atoms with Gasteiger partial charge in [-0.05, 0) is 62.2 Å². The van der Waals surface area contributed by atoms with Gasteiger partial charge in [-0.2, -0.15) is 0 Å². The molecule has 15 heavy (non-hydrogen) atoms. The maximum atomic E-state index is 6.06. The molecule has 0 saturated heterocycles. The zero-order chi connectivity index (χ0) is 10.5. The molecule has 4 fully saturated rings. The van der Waals surface area contributed by atoms with Crippen molar-refractivity contribution in [1.82, 2.24) is 0 Å². The predicted molar refractivity (Wildman–Crippen MR) is 61.7 cm³/mol. The highest BCUT2D eigenvalue weighted by atomic mass is 16.5. The Morgan fingerprint density at radius 1 is 1.00 bits per heavy atom. The molecule has 1 nitrogen and oxygen atoms in total. The summed E-state index contributed by atoms with van der Waals surface area (Å²) >= 11 is 0. The summed E-state index contributed by atoms with van der Waals surface area (Å²) in [5.41, 5.74) is 0.294. The van der Waals surface area contributed by atoms with E-state index in [4.69, 9.17) is 4.74 Å². The minimum absolute atomic E-state index is 0.294. The van der Waals surface area contributed by atoms with Crippen molar-refractivity contribution < 1.29 is 4.74 Å². The van der Waals surface area contributed by atoms with E-state index in [0.29, 0.717) is 5.60 Å². The minimum atomic E-state index is 0.294. The van der Waals surface area contributed by atoms with Gasteiger partial charge in [0.05, 0.1) is 5.60 Å². The van der Waals surface area contributed by atoms with Gasteiger partial charge in [0.25, 0.3) is 0 Å². The second kappa shape index (κ2) is 3.48. The molecule has 0 aliphatic heterocycles. The molecule has 86 valence electrons. The van der Waals surface area contributed by atoms with Crippen LogP contribution in [0.4, 0.5) is 0 Å². The van der Waals surface area contributed by atoms with Crippen molar-refractivity contribution in [3.8, 4) is 0 Å². The van der Waals surface area contributed by atoms with Crippen LogP contribution in [0, 0.1) is 23.7 Å². The van der Waals surface area contributed by atoms with Crippen molar-refractivity contribution >= 4 is 0 Å². The summed E-state index contributed by atoms with van der Waals surface area (Å²) in [5.74, 6) is 3.93. The minimum Gasteiger partial charge on any atom is -0.378 e. The first-order valence-corrected chi connectivity index (χ1v) is 6.83. The molecular formula is C14H24O. The maximum absolute atomic E-state index is 6.06. The van der Waals surface area contributed by atoms with E-state index in [1.807, 2.05) is 7.11 Å². The Labute approximate surface area is 93.6 Å². The van der Waals surface area contributed by atoms with E-state index in [1.54, 1.807) is 6.42 Å². The number of ether oxygens (including phenoxy) is 1. The fourth-order valence-electron chi connectivity index (χ4n) is 5.22. The van der Waals surface area contributed by atoms with Gasteiger partial charge >= 0.3 is 0 Å². The third-order valence-corrected chi connectivity index (χ3v) is 5.54. The molecule has 0 unspecified atom stereocenters. The monoisotopic (exact) mass is 208 g/mol. The van der Waals surface area contributed by atoms with Gasteiger partial charge in [-0.25, -0.2) is 0 Å². The van der Waals surface area contributed by atoms with Gasteiger partial charge in [0.2, 0.25) is 0 Å². The SMILES string of the molecule is CCCC1(OC)C2CC3CC(C2)CC1C3. The molecule has 4 bridgehead atoms. The van der Waals surface area contributed by atoms with Crippen LogP contribution in [0.3, 0.4) is 0 Å². The van der Waals surface area contributed by atoms with Gasteiger partial charge in [-0.3, -0.25) is 0 Å². The van der Waals surface area contributed by atoms with E-state index in [9.17, 15) is 0 Å². The zero-order valence-corrected chi connectivity index (χ0v) is 10.2. The van der Waals surface area contributed by atoms with Crippen LogP contribution in [0.25, 0.3) is 0 Å². The van der Waals surface area contributed by atoms with Crippen LogP contribution < -0.4 is 0 Å². The highest BCUT2D eigenvalue weighted by Crippen LogP contribution is 2.60. The Hall–Kier alpha value is -0.0400. The zero-order valence-electron chi connectivity index (χ0n) is 10.2. The van der Waals surface area contributed by atoms with Crippen molar-refractivity contribution in [2.45, 2.75) is 57.5 Å². The number of rotatable bonds is 3. The van der Waals surface area contributed by atoms with Crippen molar-refractivity contribution in [2.75, 3.05) is 7.11 Å². The topological polar surface area (TPSA) is 9.23 Å². The molecule has 4 aliphatic carbocycles. The molecule has 4 saturated carbocycles. The fourth-order valence-corrected chi connectivity index (χ4v) is 5.22. The molecule has 0 heterocycles. The second-order valence-corrected chi connectivity index (χ2v) is 6.21. The lowest BCUT2D eigenvalue weighted by molar-refractivity contribution is -0.193. The molecule has 0 radical (unpaired) electrons. The van der Waals surface area contributed by atoms with Gasteiger partial charge in [0.1, 0.15) is 0 Å². The molecule has 0 aromatic carbocycles. The van der Waals surface area contributed by atoms with Gasteiger partial charge in [-0.1, -0.05) is 13.3 Å². The molecular weight excluding hydrogens is 184 g/mol. The maximum Gasteiger partial charge on any atom is 0.0735 e. The fraction of sp³-hybridized carbons (Fsp3) is 1.00. The molecule has 0 atom stereocenters. The van der Waals surface area contributed by atoms with Crippen LogP contribution in [-0.4, -0.2) is 12.7 Å². The lowest BCUT2D eigenvalue weighted by Crippen LogP contribution is -2.58. The Bertz CT molecular complexity index is 218. The Morgan fingerprint density at radius 3 is 1.93 bits per heavy atom. The third-order valence-electron chi connectivity index (χ3n) is 5.54. The number of hydrogen-bond acceptors (Lipinski definition) is 1. The molecule has 1 heteroatoms. The van der Waals surface area contributed by atoms with E-state index < -0.39 is 0 Å². The summed E-state index contributed by atoms with van der Waals surface area (Å²) in [6.45, 7) is 2.31. The Balaban J connectivity index is 1.89. The van der Waals surface area contributed by atoms with Gasteiger partial charge in [-0.15, -0.1) is 0 Å². The molecule has 0 aromatic heterocycles. The van der Waals surface area contributed by atoms with Crippen molar-refractivity contribution in [3.05, 3.63) is 0 Å². The Kier molecular flexibility index (Phi) is 2.35. The molecule has 0 N–H and O–H groups in total. The summed E-state index contributed by atoms with van der Waals surface area (Å²) in [5, 5.41) is 0. The standard InChI is InChI=1S/C14H24O/c1-3-4-14(15-2)12-6-10-5-11(8-12)9-13(14)7-10/h10-13H,3-9H2,1-2H3.